The summed E-state index contributed by atoms with van der Waals surface area (Å²) in [7, 11) is 0. The number of carbonyl (C=O) groups is 2. The minimum atomic E-state index is -0.442. The van der Waals surface area contributed by atoms with Crippen molar-refractivity contribution in [3.63, 3.8) is 0 Å². The van der Waals surface area contributed by atoms with Gasteiger partial charge in [0.15, 0.2) is 0 Å². The van der Waals surface area contributed by atoms with Crippen molar-refractivity contribution in [1.29, 1.82) is 0 Å². The Hall–Kier alpha value is -2.82. The summed E-state index contributed by atoms with van der Waals surface area (Å²) < 4.78 is 5.04. The van der Waals surface area contributed by atoms with Gasteiger partial charge in [-0.2, -0.15) is 0 Å². The number of esters is 1. The van der Waals surface area contributed by atoms with Gasteiger partial charge in [0.25, 0.3) is 0 Å². The molecule has 1 saturated carbocycles. The molecule has 26 heavy (non-hydrogen) atoms. The van der Waals surface area contributed by atoms with Crippen LogP contribution in [0.1, 0.15) is 42.1 Å². The molecule has 5 heteroatoms. The first-order valence-electron chi connectivity index (χ1n) is 9.01. The molecule has 2 aromatic rings. The maximum Gasteiger partial charge on any atom is 0.340 e. The van der Waals surface area contributed by atoms with Crippen LogP contribution >= 0.6 is 0 Å². The van der Waals surface area contributed by atoms with E-state index >= 15 is 0 Å². The molecule has 0 bridgehead atoms. The van der Waals surface area contributed by atoms with Crippen LogP contribution in [0, 0.1) is 0 Å². The van der Waals surface area contributed by atoms with Crippen LogP contribution in [0.15, 0.2) is 54.6 Å². The van der Waals surface area contributed by atoms with E-state index in [2.05, 4.69) is 22.8 Å². The van der Waals surface area contributed by atoms with E-state index in [1.54, 1.807) is 31.2 Å². The lowest BCUT2D eigenvalue weighted by Crippen LogP contribution is -2.46. The Morgan fingerprint density at radius 2 is 1.73 bits per heavy atom. The average molecular weight is 352 g/mol. The van der Waals surface area contributed by atoms with Crippen LogP contribution in [0.25, 0.3) is 0 Å². The second kappa shape index (κ2) is 8.04. The van der Waals surface area contributed by atoms with Crippen molar-refractivity contribution in [2.75, 3.05) is 18.5 Å². The van der Waals surface area contributed by atoms with Gasteiger partial charge in [-0.05, 0) is 37.5 Å². The predicted molar refractivity (Wildman–Crippen MR) is 101 cm³/mol. The summed E-state index contributed by atoms with van der Waals surface area (Å²) in [5, 5.41) is 5.74. The molecule has 0 unspecified atom stereocenters. The smallest absolute Gasteiger partial charge is 0.340 e. The number of hydrogen-bond acceptors (Lipinski definition) is 3. The Morgan fingerprint density at radius 3 is 2.38 bits per heavy atom. The number of ether oxygens (including phenoxy) is 1. The number of benzene rings is 2. The third-order valence-electron chi connectivity index (χ3n) is 4.95. The van der Waals surface area contributed by atoms with E-state index in [-0.39, 0.29) is 11.4 Å². The zero-order valence-corrected chi connectivity index (χ0v) is 15.0. The number of urea groups is 1. The monoisotopic (exact) mass is 352 g/mol. The highest BCUT2D eigenvalue weighted by atomic mass is 16.5. The number of para-hydroxylation sites is 1. The van der Waals surface area contributed by atoms with E-state index in [0.29, 0.717) is 24.4 Å². The van der Waals surface area contributed by atoms with Crippen LogP contribution in [0.3, 0.4) is 0 Å². The minimum absolute atomic E-state index is 0.0132. The molecule has 1 aliphatic rings. The molecule has 0 radical (unpaired) electrons. The Balaban J connectivity index is 1.64. The standard InChI is InChI=1S/C21H24N2O3/c1-2-26-19(24)17-11-6-7-12-18(17)23-20(25)22-15-21(13-8-14-21)16-9-4-3-5-10-16/h3-7,9-12H,2,8,13-15H2,1H3,(H2,22,23,25). The number of carbonyl (C=O) groups excluding carboxylic acids is 2. The molecule has 0 saturated heterocycles. The van der Waals surface area contributed by atoms with Gasteiger partial charge in [-0.25, -0.2) is 9.59 Å². The van der Waals surface area contributed by atoms with Crippen molar-refractivity contribution < 1.29 is 14.3 Å². The highest BCUT2D eigenvalue weighted by Gasteiger charge is 2.38. The number of rotatable bonds is 6. The van der Waals surface area contributed by atoms with Gasteiger partial charge in [0.05, 0.1) is 17.9 Å². The second-order valence-electron chi connectivity index (χ2n) is 6.57. The van der Waals surface area contributed by atoms with Crippen molar-refractivity contribution in [3.8, 4) is 0 Å². The molecule has 0 aliphatic heterocycles. The van der Waals surface area contributed by atoms with Crippen LogP contribution in [0.2, 0.25) is 0 Å². The molecule has 2 amide bonds. The van der Waals surface area contributed by atoms with Crippen LogP contribution in [-0.2, 0) is 10.2 Å². The van der Waals surface area contributed by atoms with Gasteiger partial charge in [-0.1, -0.05) is 48.9 Å². The summed E-state index contributed by atoms with van der Waals surface area (Å²) in [6, 6.07) is 16.8. The van der Waals surface area contributed by atoms with Gasteiger partial charge >= 0.3 is 12.0 Å². The number of nitrogens with one attached hydrogen (secondary N) is 2. The summed E-state index contributed by atoms with van der Waals surface area (Å²) in [6.07, 6.45) is 3.30. The number of amides is 2. The fourth-order valence-electron chi connectivity index (χ4n) is 3.36. The van der Waals surface area contributed by atoms with E-state index in [1.807, 2.05) is 18.2 Å². The van der Waals surface area contributed by atoms with Crippen molar-refractivity contribution >= 4 is 17.7 Å². The fourth-order valence-corrected chi connectivity index (χ4v) is 3.36. The molecule has 5 nitrogen and oxygen atoms in total. The van der Waals surface area contributed by atoms with Crippen molar-refractivity contribution in [3.05, 3.63) is 65.7 Å². The third-order valence-corrected chi connectivity index (χ3v) is 4.95. The molecule has 136 valence electrons. The van der Waals surface area contributed by atoms with Crippen molar-refractivity contribution in [1.82, 2.24) is 5.32 Å². The van der Waals surface area contributed by atoms with Gasteiger partial charge in [0.1, 0.15) is 0 Å². The summed E-state index contributed by atoms with van der Waals surface area (Å²) in [4.78, 5) is 24.4. The molecule has 3 rings (SSSR count). The highest BCUT2D eigenvalue weighted by Crippen LogP contribution is 2.43. The lowest BCUT2D eigenvalue weighted by atomic mass is 9.64. The molecule has 1 aliphatic carbocycles. The van der Waals surface area contributed by atoms with E-state index in [0.717, 1.165) is 12.8 Å². The molecule has 0 spiro atoms. The van der Waals surface area contributed by atoms with Crippen LogP contribution in [0.5, 0.6) is 0 Å². The third kappa shape index (κ3) is 3.87. The van der Waals surface area contributed by atoms with Crippen LogP contribution in [-0.4, -0.2) is 25.2 Å². The summed E-state index contributed by atoms with van der Waals surface area (Å²) in [5.41, 5.74) is 2.08. The van der Waals surface area contributed by atoms with Crippen molar-refractivity contribution in [2.45, 2.75) is 31.6 Å². The molecule has 0 atom stereocenters. The van der Waals surface area contributed by atoms with Gasteiger partial charge in [0.2, 0.25) is 0 Å². The normalized spacial score (nSPS) is 14.8. The van der Waals surface area contributed by atoms with Gasteiger partial charge in [-0.3, -0.25) is 0 Å². The highest BCUT2D eigenvalue weighted by molar-refractivity contribution is 6.00. The lowest BCUT2D eigenvalue weighted by Gasteiger charge is -2.42. The average Bonchev–Trinajstić information content (AvgIpc) is 2.62. The Kier molecular flexibility index (Phi) is 5.56. The van der Waals surface area contributed by atoms with Gasteiger partial charge in [-0.15, -0.1) is 0 Å². The molecular formula is C21H24N2O3. The second-order valence-corrected chi connectivity index (χ2v) is 6.57. The minimum Gasteiger partial charge on any atom is -0.462 e. The predicted octanol–water partition coefficient (Wildman–Crippen LogP) is 4.11. The lowest BCUT2D eigenvalue weighted by molar-refractivity contribution is 0.0527. The topological polar surface area (TPSA) is 67.4 Å². The molecular weight excluding hydrogens is 328 g/mol. The molecule has 1 fully saturated rings. The van der Waals surface area contributed by atoms with Gasteiger partial charge in [0, 0.05) is 12.0 Å². The summed E-state index contributed by atoms with van der Waals surface area (Å²) in [5.74, 6) is -0.442. The molecule has 0 aromatic heterocycles. The maximum atomic E-state index is 12.4. The first-order valence-corrected chi connectivity index (χ1v) is 9.01. The first kappa shape index (κ1) is 18.0. The number of anilines is 1. The number of hydrogen-bond donors (Lipinski definition) is 2. The van der Waals surface area contributed by atoms with E-state index in [4.69, 9.17) is 4.74 Å². The van der Waals surface area contributed by atoms with Crippen LogP contribution in [0.4, 0.5) is 10.5 Å². The van der Waals surface area contributed by atoms with Gasteiger partial charge < -0.3 is 15.4 Å². The molecule has 0 heterocycles. The molecule has 2 N–H and O–H groups in total. The Bertz CT molecular complexity index is 770. The SMILES string of the molecule is CCOC(=O)c1ccccc1NC(=O)NCC1(c2ccccc2)CCC1. The zero-order valence-electron chi connectivity index (χ0n) is 15.0. The van der Waals surface area contributed by atoms with Crippen LogP contribution < -0.4 is 10.6 Å². The summed E-state index contributed by atoms with van der Waals surface area (Å²) >= 11 is 0. The fraction of sp³-hybridized carbons (Fsp3) is 0.333. The maximum absolute atomic E-state index is 12.4. The Labute approximate surface area is 153 Å². The quantitative estimate of drug-likeness (QED) is 0.769. The van der Waals surface area contributed by atoms with E-state index < -0.39 is 5.97 Å². The first-order chi connectivity index (χ1) is 12.6. The van der Waals surface area contributed by atoms with E-state index in [9.17, 15) is 9.59 Å². The largest absolute Gasteiger partial charge is 0.462 e. The van der Waals surface area contributed by atoms with Crippen molar-refractivity contribution in [2.24, 2.45) is 0 Å². The molecule has 2 aromatic carbocycles. The Morgan fingerprint density at radius 1 is 1.04 bits per heavy atom. The zero-order chi connectivity index (χ0) is 18.4. The summed E-state index contributed by atoms with van der Waals surface area (Å²) in [6.45, 7) is 2.62. The van der Waals surface area contributed by atoms with E-state index in [1.165, 1.54) is 12.0 Å².